The number of hydrogen-bond donors (Lipinski definition) is 3. The molecule has 2 rings (SSSR count). The third-order valence-corrected chi connectivity index (χ3v) is 3.10. The van der Waals surface area contributed by atoms with Crippen LogP contribution in [-0.4, -0.2) is 17.5 Å². The molecule has 4 N–H and O–H groups in total. The lowest BCUT2D eigenvalue weighted by atomic mass is 10.1. The first-order chi connectivity index (χ1) is 11.0. The van der Waals surface area contributed by atoms with Crippen LogP contribution in [0.5, 0.6) is 0 Å². The third-order valence-electron chi connectivity index (χ3n) is 3.10. The Bertz CT molecular complexity index is 751. The number of nitrogens with one attached hydrogen (secondary N) is 2. The summed E-state index contributed by atoms with van der Waals surface area (Å²) in [5.41, 5.74) is 11.3. The number of benzene rings is 2. The largest absolute Gasteiger partial charge is 0.399 e. The van der Waals surface area contributed by atoms with Crippen LogP contribution < -0.4 is 16.5 Å². The molecule has 0 aliphatic heterocycles. The van der Waals surface area contributed by atoms with Crippen LogP contribution in [0.25, 0.3) is 0 Å². The molecular weight excluding hydrogens is 292 g/mol. The average Bonchev–Trinajstić information content (AvgIpc) is 2.52. The van der Waals surface area contributed by atoms with Crippen LogP contribution in [0.3, 0.4) is 0 Å². The second-order valence-electron chi connectivity index (χ2n) is 5.02. The minimum Gasteiger partial charge on any atom is -0.399 e. The lowest BCUT2D eigenvalue weighted by molar-refractivity contribution is -0.114. The average molecular weight is 310 g/mol. The van der Waals surface area contributed by atoms with Gasteiger partial charge < -0.3 is 11.1 Å². The van der Waals surface area contributed by atoms with Crippen molar-refractivity contribution >= 4 is 28.9 Å². The van der Waals surface area contributed by atoms with Gasteiger partial charge in [0, 0.05) is 23.9 Å². The summed E-state index contributed by atoms with van der Waals surface area (Å²) in [6.45, 7) is 3.22. The summed E-state index contributed by atoms with van der Waals surface area (Å²) in [4.78, 5) is 23.1. The van der Waals surface area contributed by atoms with Gasteiger partial charge in [-0.3, -0.25) is 9.59 Å². The Hall–Kier alpha value is -3.15. The summed E-state index contributed by atoms with van der Waals surface area (Å²) >= 11 is 0. The predicted octanol–water partition coefficient (Wildman–Crippen LogP) is 2.38. The van der Waals surface area contributed by atoms with E-state index in [4.69, 9.17) is 5.73 Å². The van der Waals surface area contributed by atoms with E-state index in [2.05, 4.69) is 15.8 Å². The smallest absolute Gasteiger partial charge is 0.271 e. The summed E-state index contributed by atoms with van der Waals surface area (Å²) < 4.78 is 0. The fraction of sp³-hybridized carbons (Fsp3) is 0.118. The topological polar surface area (TPSA) is 96.6 Å². The van der Waals surface area contributed by atoms with E-state index in [-0.39, 0.29) is 11.8 Å². The minimum atomic E-state index is -0.317. The number of nitrogens with two attached hydrogens (primary N) is 1. The number of hydrazone groups is 1. The maximum Gasteiger partial charge on any atom is 0.271 e. The number of nitrogen functional groups attached to an aromatic ring is 1. The van der Waals surface area contributed by atoms with Gasteiger partial charge in [0.2, 0.25) is 5.91 Å². The van der Waals surface area contributed by atoms with Crippen molar-refractivity contribution < 1.29 is 9.59 Å². The number of carbonyl (C=O) groups excluding carboxylic acids is 2. The molecule has 0 aromatic heterocycles. The van der Waals surface area contributed by atoms with Crippen molar-refractivity contribution in [2.75, 3.05) is 11.1 Å². The van der Waals surface area contributed by atoms with E-state index in [0.717, 1.165) is 5.56 Å². The number of rotatable bonds is 4. The molecule has 0 bridgehead atoms. The Morgan fingerprint density at radius 2 is 1.70 bits per heavy atom. The SMILES string of the molecule is CC(=O)Nc1cccc(/C(C)=N/NC(=O)c2ccc(N)cc2)c1. The van der Waals surface area contributed by atoms with Crippen LogP contribution in [0.2, 0.25) is 0 Å². The zero-order valence-corrected chi connectivity index (χ0v) is 13.0. The van der Waals surface area contributed by atoms with Gasteiger partial charge in [0.05, 0.1) is 5.71 Å². The molecule has 0 heterocycles. The van der Waals surface area contributed by atoms with Crippen LogP contribution >= 0.6 is 0 Å². The quantitative estimate of drug-likeness (QED) is 0.459. The molecule has 0 saturated carbocycles. The normalized spacial score (nSPS) is 11.0. The van der Waals surface area contributed by atoms with Crippen LogP contribution in [-0.2, 0) is 4.79 Å². The van der Waals surface area contributed by atoms with Gasteiger partial charge in [-0.1, -0.05) is 12.1 Å². The molecule has 2 aromatic carbocycles. The summed E-state index contributed by atoms with van der Waals surface area (Å²) in [5.74, 6) is -0.462. The molecule has 6 heteroatoms. The highest BCUT2D eigenvalue weighted by Crippen LogP contribution is 2.11. The fourth-order valence-electron chi connectivity index (χ4n) is 1.92. The van der Waals surface area contributed by atoms with Crippen molar-refractivity contribution in [1.29, 1.82) is 0 Å². The van der Waals surface area contributed by atoms with Gasteiger partial charge >= 0.3 is 0 Å². The highest BCUT2D eigenvalue weighted by atomic mass is 16.2. The molecule has 0 atom stereocenters. The Kier molecular flexibility index (Phi) is 5.09. The number of amides is 2. The molecule has 0 aliphatic carbocycles. The Morgan fingerprint density at radius 3 is 2.35 bits per heavy atom. The second-order valence-corrected chi connectivity index (χ2v) is 5.02. The molecule has 2 amide bonds. The molecule has 0 radical (unpaired) electrons. The van der Waals surface area contributed by atoms with Gasteiger partial charge in [-0.2, -0.15) is 5.10 Å². The molecule has 0 saturated heterocycles. The number of hydrogen-bond acceptors (Lipinski definition) is 4. The zero-order chi connectivity index (χ0) is 16.8. The molecule has 0 spiro atoms. The highest BCUT2D eigenvalue weighted by Gasteiger charge is 2.05. The van der Waals surface area contributed by atoms with E-state index in [1.807, 2.05) is 6.07 Å². The fourth-order valence-corrected chi connectivity index (χ4v) is 1.92. The van der Waals surface area contributed by atoms with E-state index in [1.165, 1.54) is 6.92 Å². The first-order valence-corrected chi connectivity index (χ1v) is 7.04. The van der Waals surface area contributed by atoms with Gasteiger partial charge in [-0.25, -0.2) is 5.43 Å². The maximum absolute atomic E-state index is 12.0. The van der Waals surface area contributed by atoms with Crippen molar-refractivity contribution in [2.24, 2.45) is 5.10 Å². The molecular formula is C17H18N4O2. The first-order valence-electron chi connectivity index (χ1n) is 7.04. The Morgan fingerprint density at radius 1 is 1.00 bits per heavy atom. The van der Waals surface area contributed by atoms with Crippen molar-refractivity contribution in [2.45, 2.75) is 13.8 Å². The molecule has 0 unspecified atom stereocenters. The lowest BCUT2D eigenvalue weighted by Gasteiger charge is -2.06. The van der Waals surface area contributed by atoms with E-state index in [1.54, 1.807) is 49.4 Å². The standard InChI is InChI=1S/C17H18N4O2/c1-11(14-4-3-5-16(10-14)19-12(2)22)20-21-17(23)13-6-8-15(18)9-7-13/h3-10H,18H2,1-2H3,(H,19,22)(H,21,23)/b20-11+. The Labute approximate surface area is 134 Å². The third kappa shape index (κ3) is 4.67. The zero-order valence-electron chi connectivity index (χ0n) is 13.0. The highest BCUT2D eigenvalue weighted by molar-refractivity contribution is 6.02. The van der Waals surface area contributed by atoms with Crippen molar-refractivity contribution in [1.82, 2.24) is 5.43 Å². The van der Waals surface area contributed by atoms with Gasteiger partial charge in [0.25, 0.3) is 5.91 Å². The van der Waals surface area contributed by atoms with Crippen molar-refractivity contribution in [3.8, 4) is 0 Å². The van der Waals surface area contributed by atoms with Gasteiger partial charge in [0.1, 0.15) is 0 Å². The molecule has 2 aromatic rings. The number of nitrogens with zero attached hydrogens (tertiary/aromatic N) is 1. The Balaban J connectivity index is 2.09. The van der Waals surface area contributed by atoms with E-state index in [9.17, 15) is 9.59 Å². The number of anilines is 2. The maximum atomic E-state index is 12.0. The van der Waals surface area contributed by atoms with Crippen LogP contribution in [0, 0.1) is 0 Å². The van der Waals surface area contributed by atoms with Crippen LogP contribution in [0.4, 0.5) is 11.4 Å². The summed E-state index contributed by atoms with van der Waals surface area (Å²) in [7, 11) is 0. The van der Waals surface area contributed by atoms with Crippen LogP contribution in [0.1, 0.15) is 29.8 Å². The van der Waals surface area contributed by atoms with E-state index in [0.29, 0.717) is 22.6 Å². The summed E-state index contributed by atoms with van der Waals surface area (Å²) in [6.07, 6.45) is 0. The summed E-state index contributed by atoms with van der Waals surface area (Å²) in [5, 5.41) is 6.79. The minimum absolute atomic E-state index is 0.145. The molecule has 0 aliphatic rings. The van der Waals surface area contributed by atoms with Crippen molar-refractivity contribution in [3.05, 3.63) is 59.7 Å². The van der Waals surface area contributed by atoms with Crippen LogP contribution in [0.15, 0.2) is 53.6 Å². The lowest BCUT2D eigenvalue weighted by Crippen LogP contribution is -2.19. The first kappa shape index (κ1) is 16.2. The van der Waals surface area contributed by atoms with E-state index >= 15 is 0 Å². The molecule has 0 fully saturated rings. The monoisotopic (exact) mass is 310 g/mol. The van der Waals surface area contributed by atoms with Crippen molar-refractivity contribution in [3.63, 3.8) is 0 Å². The van der Waals surface area contributed by atoms with Gasteiger partial charge in [0.15, 0.2) is 0 Å². The van der Waals surface area contributed by atoms with Gasteiger partial charge in [-0.05, 0) is 48.9 Å². The predicted molar refractivity (Wildman–Crippen MR) is 91.3 cm³/mol. The molecule has 118 valence electrons. The molecule has 23 heavy (non-hydrogen) atoms. The summed E-state index contributed by atoms with van der Waals surface area (Å²) in [6, 6.07) is 13.8. The van der Waals surface area contributed by atoms with Gasteiger partial charge in [-0.15, -0.1) is 0 Å². The molecule has 6 nitrogen and oxygen atoms in total. The van der Waals surface area contributed by atoms with E-state index < -0.39 is 0 Å². The number of carbonyl (C=O) groups is 2. The second kappa shape index (κ2) is 7.22.